The number of ether oxygens (including phenoxy) is 2. The summed E-state index contributed by atoms with van der Waals surface area (Å²) >= 11 is 8.00. The molecule has 0 aliphatic carbocycles. The summed E-state index contributed by atoms with van der Waals surface area (Å²) in [5, 5.41) is 13.8. The van der Waals surface area contributed by atoms with Gasteiger partial charge in [-0.15, -0.1) is 0 Å². The highest BCUT2D eigenvalue weighted by Gasteiger charge is 2.12. The molecule has 2 N–H and O–H groups in total. The SMILES string of the molecule is COc1ccc(OCCCN(Cc2cccc(O)c2)C(=S)Nc2ccccc2I)cc1. The summed E-state index contributed by atoms with van der Waals surface area (Å²) in [7, 11) is 1.64. The van der Waals surface area contributed by atoms with Gasteiger partial charge < -0.3 is 24.8 Å². The molecule has 0 aromatic heterocycles. The number of aromatic hydroxyl groups is 1. The van der Waals surface area contributed by atoms with Crippen LogP contribution in [0.5, 0.6) is 17.2 Å². The molecule has 0 fully saturated rings. The van der Waals surface area contributed by atoms with Gasteiger partial charge in [-0.05, 0) is 95.3 Å². The second kappa shape index (κ2) is 11.8. The van der Waals surface area contributed by atoms with E-state index in [0.29, 0.717) is 24.8 Å². The number of phenolic OH excluding ortho intramolecular Hbond substituents is 1. The van der Waals surface area contributed by atoms with E-state index in [1.807, 2.05) is 60.7 Å². The van der Waals surface area contributed by atoms with Crippen LogP contribution in [0.2, 0.25) is 0 Å². The second-order valence-electron chi connectivity index (χ2n) is 6.88. The van der Waals surface area contributed by atoms with E-state index in [4.69, 9.17) is 21.7 Å². The Morgan fingerprint density at radius 3 is 2.48 bits per heavy atom. The molecule has 0 saturated carbocycles. The van der Waals surface area contributed by atoms with E-state index in [0.717, 1.165) is 32.7 Å². The number of methoxy groups -OCH3 is 1. The van der Waals surface area contributed by atoms with Gasteiger partial charge in [-0.1, -0.05) is 24.3 Å². The third-order valence-corrected chi connectivity index (χ3v) is 5.89. The maximum atomic E-state index is 9.82. The Balaban J connectivity index is 1.61. The molecular weight excluding hydrogens is 523 g/mol. The summed E-state index contributed by atoms with van der Waals surface area (Å²) in [6.07, 6.45) is 0.790. The number of nitrogens with one attached hydrogen (secondary N) is 1. The predicted molar refractivity (Wildman–Crippen MR) is 137 cm³/mol. The zero-order chi connectivity index (χ0) is 22.1. The average Bonchev–Trinajstić information content (AvgIpc) is 2.78. The minimum Gasteiger partial charge on any atom is -0.508 e. The van der Waals surface area contributed by atoms with Crippen molar-refractivity contribution < 1.29 is 14.6 Å². The molecule has 0 aliphatic heterocycles. The van der Waals surface area contributed by atoms with Crippen LogP contribution in [0.3, 0.4) is 0 Å². The fourth-order valence-electron chi connectivity index (χ4n) is 3.00. The number of benzene rings is 3. The zero-order valence-electron chi connectivity index (χ0n) is 17.3. The van der Waals surface area contributed by atoms with Gasteiger partial charge in [0.15, 0.2) is 5.11 Å². The van der Waals surface area contributed by atoms with Gasteiger partial charge in [0, 0.05) is 16.7 Å². The average molecular weight is 548 g/mol. The Morgan fingerprint density at radius 1 is 1.03 bits per heavy atom. The number of halogens is 1. The fourth-order valence-corrected chi connectivity index (χ4v) is 3.79. The van der Waals surface area contributed by atoms with Crippen LogP contribution in [0, 0.1) is 3.57 Å². The van der Waals surface area contributed by atoms with E-state index < -0.39 is 0 Å². The molecule has 0 bridgehead atoms. The first-order valence-corrected chi connectivity index (χ1v) is 11.4. The summed E-state index contributed by atoms with van der Waals surface area (Å²) < 4.78 is 12.1. The number of para-hydroxylation sites is 1. The number of hydrogen-bond acceptors (Lipinski definition) is 4. The highest BCUT2D eigenvalue weighted by atomic mass is 127. The number of phenols is 1. The lowest BCUT2D eigenvalue weighted by molar-refractivity contribution is 0.284. The lowest BCUT2D eigenvalue weighted by atomic mass is 10.2. The molecule has 0 aliphatic rings. The summed E-state index contributed by atoms with van der Waals surface area (Å²) in [5.41, 5.74) is 1.96. The Bertz CT molecular complexity index is 998. The summed E-state index contributed by atoms with van der Waals surface area (Å²) in [6.45, 7) is 1.86. The molecule has 0 atom stereocenters. The van der Waals surface area contributed by atoms with Crippen molar-refractivity contribution in [1.29, 1.82) is 0 Å². The van der Waals surface area contributed by atoms with Gasteiger partial charge in [-0.25, -0.2) is 0 Å². The third-order valence-electron chi connectivity index (χ3n) is 4.59. The molecule has 0 saturated heterocycles. The van der Waals surface area contributed by atoms with Crippen LogP contribution in [0.15, 0.2) is 72.8 Å². The van der Waals surface area contributed by atoms with Crippen molar-refractivity contribution in [3.8, 4) is 17.2 Å². The first kappa shape index (κ1) is 23.1. The molecule has 7 heteroatoms. The van der Waals surface area contributed by atoms with Gasteiger partial charge in [0.2, 0.25) is 0 Å². The normalized spacial score (nSPS) is 10.4. The van der Waals surface area contributed by atoms with Gasteiger partial charge in [-0.2, -0.15) is 0 Å². The third kappa shape index (κ3) is 7.29. The van der Waals surface area contributed by atoms with E-state index in [1.165, 1.54) is 0 Å². The van der Waals surface area contributed by atoms with Crippen LogP contribution in [-0.4, -0.2) is 35.4 Å². The van der Waals surface area contributed by atoms with E-state index in [9.17, 15) is 5.11 Å². The molecule has 0 unspecified atom stereocenters. The van der Waals surface area contributed by atoms with Crippen molar-refractivity contribution in [1.82, 2.24) is 4.90 Å². The number of anilines is 1. The first-order valence-electron chi connectivity index (χ1n) is 9.90. The van der Waals surface area contributed by atoms with Crippen molar-refractivity contribution in [3.63, 3.8) is 0 Å². The van der Waals surface area contributed by atoms with Gasteiger partial charge in [0.1, 0.15) is 17.2 Å². The Labute approximate surface area is 202 Å². The molecule has 3 aromatic carbocycles. The van der Waals surface area contributed by atoms with Crippen LogP contribution < -0.4 is 14.8 Å². The lowest BCUT2D eigenvalue weighted by Gasteiger charge is -2.26. The Morgan fingerprint density at radius 2 is 1.77 bits per heavy atom. The Hall–Kier alpha value is -2.52. The highest BCUT2D eigenvalue weighted by Crippen LogP contribution is 2.20. The maximum absolute atomic E-state index is 9.82. The van der Waals surface area contributed by atoms with Crippen molar-refractivity contribution >= 4 is 45.6 Å². The molecule has 3 rings (SSSR count). The van der Waals surface area contributed by atoms with Crippen LogP contribution in [0.25, 0.3) is 0 Å². The molecule has 3 aromatic rings. The van der Waals surface area contributed by atoms with Gasteiger partial charge in [0.05, 0.1) is 19.4 Å². The monoisotopic (exact) mass is 548 g/mol. The molecular formula is C24H25IN2O3S. The van der Waals surface area contributed by atoms with E-state index in [-0.39, 0.29) is 5.75 Å². The van der Waals surface area contributed by atoms with E-state index in [1.54, 1.807) is 19.2 Å². The standard InChI is InChI=1S/C24H25IN2O3S/c1-29-20-10-12-21(13-11-20)30-15-5-14-27(17-18-6-4-7-19(28)16-18)24(31)26-23-9-3-2-8-22(23)25/h2-4,6-13,16,28H,5,14-15,17H2,1H3,(H,26,31). The van der Waals surface area contributed by atoms with Crippen molar-refractivity contribution in [2.45, 2.75) is 13.0 Å². The number of nitrogens with zero attached hydrogens (tertiary/aromatic N) is 1. The van der Waals surface area contributed by atoms with Gasteiger partial charge in [0.25, 0.3) is 0 Å². The molecule has 0 spiro atoms. The minimum atomic E-state index is 0.247. The van der Waals surface area contributed by atoms with E-state index >= 15 is 0 Å². The Kier molecular flexibility index (Phi) is 8.78. The summed E-state index contributed by atoms with van der Waals surface area (Å²) in [5.74, 6) is 1.85. The van der Waals surface area contributed by atoms with Crippen LogP contribution in [-0.2, 0) is 6.54 Å². The molecule has 31 heavy (non-hydrogen) atoms. The van der Waals surface area contributed by atoms with Crippen molar-refractivity contribution in [3.05, 3.63) is 81.9 Å². The number of hydrogen-bond donors (Lipinski definition) is 2. The fraction of sp³-hybridized carbons (Fsp3) is 0.208. The number of rotatable bonds is 9. The van der Waals surface area contributed by atoms with Crippen LogP contribution in [0.1, 0.15) is 12.0 Å². The second-order valence-corrected chi connectivity index (χ2v) is 8.43. The number of thiocarbonyl (C=S) groups is 1. The van der Waals surface area contributed by atoms with Gasteiger partial charge in [-0.3, -0.25) is 0 Å². The van der Waals surface area contributed by atoms with Gasteiger partial charge >= 0.3 is 0 Å². The zero-order valence-corrected chi connectivity index (χ0v) is 20.2. The van der Waals surface area contributed by atoms with Crippen molar-refractivity contribution in [2.24, 2.45) is 0 Å². The molecule has 0 amide bonds. The highest BCUT2D eigenvalue weighted by molar-refractivity contribution is 14.1. The lowest BCUT2D eigenvalue weighted by Crippen LogP contribution is -2.35. The van der Waals surface area contributed by atoms with Crippen LogP contribution >= 0.6 is 34.8 Å². The largest absolute Gasteiger partial charge is 0.508 e. The first-order chi connectivity index (χ1) is 15.0. The molecule has 162 valence electrons. The van der Waals surface area contributed by atoms with Crippen LogP contribution in [0.4, 0.5) is 5.69 Å². The minimum absolute atomic E-state index is 0.247. The predicted octanol–water partition coefficient (Wildman–Crippen LogP) is 5.67. The maximum Gasteiger partial charge on any atom is 0.173 e. The molecule has 0 heterocycles. The molecule has 5 nitrogen and oxygen atoms in total. The topological polar surface area (TPSA) is 54.0 Å². The van der Waals surface area contributed by atoms with Crippen molar-refractivity contribution in [2.75, 3.05) is 25.6 Å². The quantitative estimate of drug-likeness (QED) is 0.204. The summed E-state index contributed by atoms with van der Waals surface area (Å²) in [6, 6.07) is 22.8. The molecule has 0 radical (unpaired) electrons. The summed E-state index contributed by atoms with van der Waals surface area (Å²) in [4.78, 5) is 2.09. The van der Waals surface area contributed by atoms with E-state index in [2.05, 4.69) is 32.8 Å². The smallest absolute Gasteiger partial charge is 0.173 e.